The predicted octanol–water partition coefficient (Wildman–Crippen LogP) is 1.74. The van der Waals surface area contributed by atoms with Crippen molar-refractivity contribution in [3.8, 4) is 0 Å². The minimum atomic E-state index is 0.572. The highest BCUT2D eigenvalue weighted by molar-refractivity contribution is 5.82. The van der Waals surface area contributed by atoms with Gasteiger partial charge in [-0.2, -0.15) is 0 Å². The van der Waals surface area contributed by atoms with E-state index in [0.717, 1.165) is 30.1 Å². The van der Waals surface area contributed by atoms with Gasteiger partial charge in [-0.3, -0.25) is 4.90 Å². The zero-order valence-electron chi connectivity index (χ0n) is 12.4. The molecule has 1 aliphatic rings. The molecular weight excluding hydrogens is 252 g/mol. The third kappa shape index (κ3) is 2.24. The Bertz CT molecular complexity index is 592. The highest BCUT2D eigenvalue weighted by atomic mass is 15.2. The van der Waals surface area contributed by atoms with Crippen molar-refractivity contribution in [3.63, 3.8) is 0 Å². The molecule has 6 heteroatoms. The van der Waals surface area contributed by atoms with Crippen LogP contribution in [0.3, 0.4) is 0 Å². The van der Waals surface area contributed by atoms with Crippen molar-refractivity contribution in [2.24, 2.45) is 0 Å². The molecule has 3 heterocycles. The minimum Gasteiger partial charge on any atom is -0.367 e. The second kappa shape index (κ2) is 5.36. The molecule has 0 radical (unpaired) electrons. The molecule has 6 nitrogen and oxygen atoms in total. The largest absolute Gasteiger partial charge is 0.367 e. The molecule has 3 rings (SSSR count). The molecule has 1 saturated heterocycles. The summed E-state index contributed by atoms with van der Waals surface area (Å²) in [4.78, 5) is 15.5. The summed E-state index contributed by atoms with van der Waals surface area (Å²) in [5.74, 6) is 0.843. The molecular formula is C14H22N6. The van der Waals surface area contributed by atoms with Crippen LogP contribution in [-0.2, 0) is 6.54 Å². The third-order valence-electron chi connectivity index (χ3n) is 4.44. The number of aryl methyl sites for hydroxylation is 1. The number of likely N-dealkylation sites (tertiary alicyclic amines) is 1. The Kier molecular flexibility index (Phi) is 3.56. The van der Waals surface area contributed by atoms with E-state index in [0.29, 0.717) is 12.1 Å². The smallest absolute Gasteiger partial charge is 0.165 e. The SMILES string of the molecule is CCn1cnc2c(NC[C@@H]3CC[C@H](C)N3C)ncnc21. The number of likely N-dealkylation sites (N-methyl/N-ethyl adjacent to an activating group) is 1. The van der Waals surface area contributed by atoms with E-state index in [2.05, 4.69) is 46.1 Å². The normalized spacial score (nSPS) is 23.6. The van der Waals surface area contributed by atoms with Gasteiger partial charge in [0.25, 0.3) is 0 Å². The summed E-state index contributed by atoms with van der Waals surface area (Å²) >= 11 is 0. The highest BCUT2D eigenvalue weighted by Gasteiger charge is 2.27. The number of anilines is 1. The Morgan fingerprint density at radius 2 is 2.15 bits per heavy atom. The van der Waals surface area contributed by atoms with E-state index in [1.165, 1.54) is 12.8 Å². The van der Waals surface area contributed by atoms with Crippen LogP contribution < -0.4 is 5.32 Å². The van der Waals surface area contributed by atoms with Gasteiger partial charge in [0.2, 0.25) is 0 Å². The third-order valence-corrected chi connectivity index (χ3v) is 4.44. The van der Waals surface area contributed by atoms with Gasteiger partial charge in [-0.25, -0.2) is 15.0 Å². The van der Waals surface area contributed by atoms with Crippen LogP contribution in [0.5, 0.6) is 0 Å². The molecule has 2 aromatic heterocycles. The molecule has 2 aromatic rings. The number of hydrogen-bond donors (Lipinski definition) is 1. The lowest BCUT2D eigenvalue weighted by Gasteiger charge is -2.23. The summed E-state index contributed by atoms with van der Waals surface area (Å²) in [6, 6.07) is 1.25. The van der Waals surface area contributed by atoms with Gasteiger partial charge in [0, 0.05) is 25.2 Å². The number of nitrogens with zero attached hydrogens (tertiary/aromatic N) is 5. The lowest BCUT2D eigenvalue weighted by Crippen LogP contribution is -2.35. The first-order chi connectivity index (χ1) is 9.70. The molecule has 20 heavy (non-hydrogen) atoms. The van der Waals surface area contributed by atoms with Crippen LogP contribution in [-0.4, -0.2) is 50.1 Å². The molecule has 0 unspecified atom stereocenters. The second-order valence-corrected chi connectivity index (χ2v) is 5.55. The van der Waals surface area contributed by atoms with Crippen LogP contribution >= 0.6 is 0 Å². The van der Waals surface area contributed by atoms with E-state index in [9.17, 15) is 0 Å². The maximum Gasteiger partial charge on any atom is 0.165 e. The first-order valence-electron chi connectivity index (χ1n) is 7.32. The maximum atomic E-state index is 4.43. The van der Waals surface area contributed by atoms with Crippen molar-refractivity contribution in [1.29, 1.82) is 0 Å². The van der Waals surface area contributed by atoms with Crippen LogP contribution in [0.4, 0.5) is 5.82 Å². The Labute approximate surface area is 119 Å². The average Bonchev–Trinajstić information content (AvgIpc) is 3.02. The molecule has 0 saturated carbocycles. The number of rotatable bonds is 4. The van der Waals surface area contributed by atoms with Gasteiger partial charge < -0.3 is 9.88 Å². The summed E-state index contributed by atoms with van der Waals surface area (Å²) in [5, 5.41) is 3.45. The van der Waals surface area contributed by atoms with E-state index in [4.69, 9.17) is 0 Å². The predicted molar refractivity (Wildman–Crippen MR) is 79.7 cm³/mol. The molecule has 1 N–H and O–H groups in total. The van der Waals surface area contributed by atoms with Gasteiger partial charge in [0.05, 0.1) is 6.33 Å². The first kappa shape index (κ1) is 13.3. The lowest BCUT2D eigenvalue weighted by molar-refractivity contribution is 0.261. The summed E-state index contributed by atoms with van der Waals surface area (Å²) in [7, 11) is 2.20. The highest BCUT2D eigenvalue weighted by Crippen LogP contribution is 2.23. The molecule has 0 aliphatic carbocycles. The second-order valence-electron chi connectivity index (χ2n) is 5.55. The molecule has 108 valence electrons. The fourth-order valence-electron chi connectivity index (χ4n) is 2.90. The number of hydrogen-bond acceptors (Lipinski definition) is 5. The van der Waals surface area contributed by atoms with Gasteiger partial charge >= 0.3 is 0 Å². The lowest BCUT2D eigenvalue weighted by atomic mass is 10.2. The van der Waals surface area contributed by atoms with Crippen LogP contribution in [0.15, 0.2) is 12.7 Å². The number of imidazole rings is 1. The zero-order valence-corrected chi connectivity index (χ0v) is 12.4. The van der Waals surface area contributed by atoms with Crippen molar-refractivity contribution in [2.75, 3.05) is 18.9 Å². The molecule has 0 amide bonds. The monoisotopic (exact) mass is 274 g/mol. The molecule has 0 aromatic carbocycles. The van der Waals surface area contributed by atoms with Crippen molar-refractivity contribution < 1.29 is 0 Å². The Hall–Kier alpha value is -1.69. The summed E-state index contributed by atoms with van der Waals surface area (Å²) in [5.41, 5.74) is 1.76. The summed E-state index contributed by atoms with van der Waals surface area (Å²) < 4.78 is 2.03. The van der Waals surface area contributed by atoms with Crippen molar-refractivity contribution in [2.45, 2.75) is 45.3 Å². The maximum absolute atomic E-state index is 4.43. The summed E-state index contributed by atoms with van der Waals surface area (Å²) in [6.07, 6.45) is 5.95. The number of fused-ring (bicyclic) bond motifs is 1. The van der Waals surface area contributed by atoms with Crippen LogP contribution in [0.25, 0.3) is 11.2 Å². The van der Waals surface area contributed by atoms with Gasteiger partial charge in [-0.15, -0.1) is 0 Å². The quantitative estimate of drug-likeness (QED) is 0.920. The van der Waals surface area contributed by atoms with Gasteiger partial charge in [-0.1, -0.05) is 0 Å². The van der Waals surface area contributed by atoms with E-state index in [-0.39, 0.29) is 0 Å². The Morgan fingerprint density at radius 3 is 2.85 bits per heavy atom. The molecule has 2 atom stereocenters. The standard InChI is InChI=1S/C14H22N6/c1-4-20-9-18-12-13(16-8-17-14(12)20)15-7-11-6-5-10(2)19(11)3/h8-11H,4-7H2,1-3H3,(H,15,16,17)/t10-,11-/m0/s1. The van der Waals surface area contributed by atoms with E-state index < -0.39 is 0 Å². The molecule has 0 bridgehead atoms. The van der Waals surface area contributed by atoms with Crippen molar-refractivity contribution in [1.82, 2.24) is 24.4 Å². The van der Waals surface area contributed by atoms with Crippen molar-refractivity contribution >= 4 is 17.0 Å². The van der Waals surface area contributed by atoms with E-state index >= 15 is 0 Å². The van der Waals surface area contributed by atoms with Crippen LogP contribution in [0.2, 0.25) is 0 Å². The molecule has 1 aliphatic heterocycles. The van der Waals surface area contributed by atoms with Crippen LogP contribution in [0, 0.1) is 0 Å². The first-order valence-corrected chi connectivity index (χ1v) is 7.32. The van der Waals surface area contributed by atoms with Gasteiger partial charge in [-0.05, 0) is 33.7 Å². The average molecular weight is 274 g/mol. The zero-order chi connectivity index (χ0) is 14.1. The minimum absolute atomic E-state index is 0.572. The Morgan fingerprint density at radius 1 is 1.30 bits per heavy atom. The summed E-state index contributed by atoms with van der Waals surface area (Å²) in [6.45, 7) is 6.15. The number of nitrogens with one attached hydrogen (secondary N) is 1. The van der Waals surface area contributed by atoms with Crippen molar-refractivity contribution in [3.05, 3.63) is 12.7 Å². The topological polar surface area (TPSA) is 58.9 Å². The Balaban J connectivity index is 1.76. The van der Waals surface area contributed by atoms with Gasteiger partial charge in [0.1, 0.15) is 11.8 Å². The van der Waals surface area contributed by atoms with Crippen LogP contribution in [0.1, 0.15) is 26.7 Å². The molecule has 0 spiro atoms. The van der Waals surface area contributed by atoms with Gasteiger partial charge in [0.15, 0.2) is 11.5 Å². The van der Waals surface area contributed by atoms with E-state index in [1.807, 2.05) is 10.9 Å². The number of aromatic nitrogens is 4. The molecule has 1 fully saturated rings. The van der Waals surface area contributed by atoms with E-state index in [1.54, 1.807) is 6.33 Å². The fourth-order valence-corrected chi connectivity index (χ4v) is 2.90. The fraction of sp³-hybridized carbons (Fsp3) is 0.643.